The molecule has 8 heteroatoms. The summed E-state index contributed by atoms with van der Waals surface area (Å²) < 4.78 is 34.8. The van der Waals surface area contributed by atoms with E-state index in [-0.39, 0.29) is 6.10 Å². The predicted molar refractivity (Wildman–Crippen MR) is 68.1 cm³/mol. The summed E-state index contributed by atoms with van der Waals surface area (Å²) in [5.41, 5.74) is 0. The second kappa shape index (κ2) is 5.98. The summed E-state index contributed by atoms with van der Waals surface area (Å²) in [7, 11) is -3.06. The minimum Gasteiger partial charge on any atom is -0.378 e. The molecule has 1 saturated heterocycles. The Morgan fingerprint density at radius 2 is 2.11 bits per heavy atom. The maximum absolute atomic E-state index is 11.4. The van der Waals surface area contributed by atoms with Crippen LogP contribution in [0.5, 0.6) is 0 Å². The molecule has 0 radical (unpaired) electrons. The van der Waals surface area contributed by atoms with Crippen LogP contribution in [0.1, 0.15) is 24.6 Å². The third-order valence-electron chi connectivity index (χ3n) is 3.12. The summed E-state index contributed by atoms with van der Waals surface area (Å²) >= 11 is 0. The van der Waals surface area contributed by atoms with E-state index in [1.54, 1.807) is 6.92 Å². The molecule has 0 atom stereocenters. The Kier molecular flexibility index (Phi) is 4.54. The van der Waals surface area contributed by atoms with Gasteiger partial charge in [-0.15, -0.1) is 0 Å². The highest BCUT2D eigenvalue weighted by Gasteiger charge is 2.25. The SMILES string of the molecule is Cc1nc(CCOC2CCN(S(C)(=O)=O)CC2)no1. The molecule has 0 bridgehead atoms. The van der Waals surface area contributed by atoms with E-state index in [0.29, 0.717) is 37.8 Å². The number of nitrogens with zero attached hydrogens (tertiary/aromatic N) is 3. The lowest BCUT2D eigenvalue weighted by Crippen LogP contribution is -2.40. The molecule has 1 fully saturated rings. The molecule has 1 aromatic rings. The summed E-state index contributed by atoms with van der Waals surface area (Å²) in [4.78, 5) is 4.09. The molecular weight excluding hydrogens is 270 g/mol. The van der Waals surface area contributed by atoms with E-state index >= 15 is 0 Å². The van der Waals surface area contributed by atoms with Crippen LogP contribution in [0, 0.1) is 6.92 Å². The van der Waals surface area contributed by atoms with Gasteiger partial charge in [-0.2, -0.15) is 4.98 Å². The molecule has 1 aromatic heterocycles. The molecule has 0 N–H and O–H groups in total. The van der Waals surface area contributed by atoms with Gasteiger partial charge in [-0.3, -0.25) is 0 Å². The van der Waals surface area contributed by atoms with Crippen molar-refractivity contribution in [2.45, 2.75) is 32.3 Å². The van der Waals surface area contributed by atoms with Gasteiger partial charge in [0.05, 0.1) is 19.0 Å². The van der Waals surface area contributed by atoms with Crippen molar-refractivity contribution in [2.24, 2.45) is 0 Å². The summed E-state index contributed by atoms with van der Waals surface area (Å²) in [6.07, 6.45) is 3.44. The molecular formula is C11H19N3O4S. The maximum atomic E-state index is 11.4. The minimum atomic E-state index is -3.06. The van der Waals surface area contributed by atoms with Crippen molar-refractivity contribution < 1.29 is 17.7 Å². The summed E-state index contributed by atoms with van der Waals surface area (Å²) in [6.45, 7) is 3.34. The van der Waals surface area contributed by atoms with Crippen LogP contribution in [0.15, 0.2) is 4.52 Å². The normalized spacial score (nSPS) is 18.8. The van der Waals surface area contributed by atoms with Crippen molar-refractivity contribution in [3.05, 3.63) is 11.7 Å². The van der Waals surface area contributed by atoms with Gasteiger partial charge in [-0.05, 0) is 12.8 Å². The predicted octanol–water partition coefficient (Wildman–Crippen LogP) is 0.361. The molecule has 0 unspecified atom stereocenters. The van der Waals surface area contributed by atoms with Crippen LogP contribution in [-0.2, 0) is 21.2 Å². The molecule has 0 aromatic carbocycles. The minimum absolute atomic E-state index is 0.117. The Morgan fingerprint density at radius 3 is 2.63 bits per heavy atom. The van der Waals surface area contributed by atoms with E-state index in [1.807, 2.05) is 0 Å². The average molecular weight is 289 g/mol. The zero-order chi connectivity index (χ0) is 13.9. The lowest BCUT2D eigenvalue weighted by atomic mass is 10.1. The van der Waals surface area contributed by atoms with Gasteiger partial charge < -0.3 is 9.26 Å². The highest BCUT2D eigenvalue weighted by molar-refractivity contribution is 7.88. The Morgan fingerprint density at radius 1 is 1.42 bits per heavy atom. The van der Waals surface area contributed by atoms with Crippen molar-refractivity contribution in [3.8, 4) is 0 Å². The van der Waals surface area contributed by atoms with E-state index < -0.39 is 10.0 Å². The fraction of sp³-hybridized carbons (Fsp3) is 0.818. The van der Waals surface area contributed by atoms with Crippen molar-refractivity contribution in [2.75, 3.05) is 26.0 Å². The lowest BCUT2D eigenvalue weighted by Gasteiger charge is -2.30. The van der Waals surface area contributed by atoms with Gasteiger partial charge in [-0.25, -0.2) is 12.7 Å². The first-order valence-corrected chi connectivity index (χ1v) is 8.16. The maximum Gasteiger partial charge on any atom is 0.223 e. The molecule has 0 spiro atoms. The van der Waals surface area contributed by atoms with Crippen LogP contribution in [0.3, 0.4) is 0 Å². The van der Waals surface area contributed by atoms with Crippen LogP contribution in [-0.4, -0.2) is 54.9 Å². The van der Waals surface area contributed by atoms with Gasteiger partial charge in [-0.1, -0.05) is 5.16 Å². The Labute approximate surface area is 113 Å². The summed E-state index contributed by atoms with van der Waals surface area (Å²) in [5, 5.41) is 3.79. The van der Waals surface area contributed by atoms with Crippen molar-refractivity contribution in [1.29, 1.82) is 0 Å². The number of hydrogen-bond acceptors (Lipinski definition) is 6. The van der Waals surface area contributed by atoms with Gasteiger partial charge in [0.25, 0.3) is 0 Å². The molecule has 0 amide bonds. The largest absolute Gasteiger partial charge is 0.378 e. The monoisotopic (exact) mass is 289 g/mol. The molecule has 1 aliphatic heterocycles. The summed E-state index contributed by atoms with van der Waals surface area (Å²) in [5.74, 6) is 1.20. The number of aryl methyl sites for hydroxylation is 1. The first-order chi connectivity index (χ1) is 8.95. The Bertz CT molecular complexity index is 506. The third kappa shape index (κ3) is 4.26. The van der Waals surface area contributed by atoms with Crippen molar-refractivity contribution >= 4 is 10.0 Å². The topological polar surface area (TPSA) is 85.5 Å². The zero-order valence-electron chi connectivity index (χ0n) is 11.2. The average Bonchev–Trinajstić information content (AvgIpc) is 2.75. The lowest BCUT2D eigenvalue weighted by molar-refractivity contribution is 0.0223. The third-order valence-corrected chi connectivity index (χ3v) is 4.42. The van der Waals surface area contributed by atoms with E-state index in [2.05, 4.69) is 10.1 Å². The molecule has 19 heavy (non-hydrogen) atoms. The van der Waals surface area contributed by atoms with Crippen molar-refractivity contribution in [3.63, 3.8) is 0 Å². The Hall–Kier alpha value is -0.990. The molecule has 0 saturated carbocycles. The van der Waals surface area contributed by atoms with Crippen LogP contribution in [0.4, 0.5) is 0 Å². The molecule has 0 aliphatic carbocycles. The highest BCUT2D eigenvalue weighted by Crippen LogP contribution is 2.16. The van der Waals surface area contributed by atoms with E-state index in [1.165, 1.54) is 10.6 Å². The van der Waals surface area contributed by atoms with E-state index in [0.717, 1.165) is 12.8 Å². The molecule has 7 nitrogen and oxygen atoms in total. The van der Waals surface area contributed by atoms with Crippen molar-refractivity contribution in [1.82, 2.24) is 14.4 Å². The number of aromatic nitrogens is 2. The smallest absolute Gasteiger partial charge is 0.223 e. The van der Waals surface area contributed by atoms with Crippen LogP contribution >= 0.6 is 0 Å². The van der Waals surface area contributed by atoms with E-state index in [4.69, 9.17) is 9.26 Å². The second-order valence-corrected chi connectivity index (χ2v) is 6.69. The zero-order valence-corrected chi connectivity index (χ0v) is 12.0. The van der Waals surface area contributed by atoms with E-state index in [9.17, 15) is 8.42 Å². The number of rotatable bonds is 5. The highest BCUT2D eigenvalue weighted by atomic mass is 32.2. The quantitative estimate of drug-likeness (QED) is 0.778. The fourth-order valence-electron chi connectivity index (χ4n) is 2.09. The summed E-state index contributed by atoms with van der Waals surface area (Å²) in [6, 6.07) is 0. The van der Waals surface area contributed by atoms with Crippen LogP contribution < -0.4 is 0 Å². The van der Waals surface area contributed by atoms with Gasteiger partial charge in [0.15, 0.2) is 5.82 Å². The molecule has 2 heterocycles. The number of sulfonamides is 1. The van der Waals surface area contributed by atoms with Crippen LogP contribution in [0.2, 0.25) is 0 Å². The first kappa shape index (κ1) is 14.4. The first-order valence-electron chi connectivity index (χ1n) is 6.31. The number of ether oxygens (including phenoxy) is 1. The molecule has 108 valence electrons. The molecule has 1 aliphatic rings. The van der Waals surface area contributed by atoms with Gasteiger partial charge in [0, 0.05) is 26.4 Å². The van der Waals surface area contributed by atoms with Gasteiger partial charge in [0.2, 0.25) is 15.9 Å². The van der Waals surface area contributed by atoms with Crippen LogP contribution in [0.25, 0.3) is 0 Å². The number of hydrogen-bond donors (Lipinski definition) is 0. The Balaban J connectivity index is 1.69. The van der Waals surface area contributed by atoms with Gasteiger partial charge in [0.1, 0.15) is 0 Å². The standard InChI is InChI=1S/C11H19N3O4S/c1-9-12-11(13-18-9)5-8-17-10-3-6-14(7-4-10)19(2,15)16/h10H,3-8H2,1-2H3. The van der Waals surface area contributed by atoms with Gasteiger partial charge >= 0.3 is 0 Å². The fourth-order valence-corrected chi connectivity index (χ4v) is 2.96. The second-order valence-electron chi connectivity index (χ2n) is 4.71. The number of piperidine rings is 1. The molecule has 2 rings (SSSR count).